The van der Waals surface area contributed by atoms with Crippen LogP contribution in [0.15, 0.2) is 36.4 Å². The highest BCUT2D eigenvalue weighted by atomic mass is 35.5. The molecule has 2 aromatic rings. The molecule has 0 unspecified atom stereocenters. The van der Waals surface area contributed by atoms with Gasteiger partial charge in [-0.25, -0.2) is 0 Å². The van der Waals surface area contributed by atoms with Crippen molar-refractivity contribution in [1.82, 2.24) is 4.90 Å². The second-order valence-corrected chi connectivity index (χ2v) is 5.90. The van der Waals surface area contributed by atoms with Gasteiger partial charge in [0.1, 0.15) is 0 Å². The van der Waals surface area contributed by atoms with E-state index >= 15 is 0 Å². The number of nitrogens with zero attached hydrogens (tertiary/aromatic N) is 1. The zero-order valence-corrected chi connectivity index (χ0v) is 13.5. The Morgan fingerprint density at radius 1 is 1.14 bits per heavy atom. The fourth-order valence-corrected chi connectivity index (χ4v) is 2.75. The number of hydrogen-bond acceptors (Lipinski definition) is 2. The first-order valence-corrected chi connectivity index (χ1v) is 7.26. The SMILES string of the molecule is CN(Cc1cc(Cl)cc(Cl)c1)C(=O)c1cccc(N)c1Cl. The molecule has 0 aliphatic heterocycles. The van der Waals surface area contributed by atoms with Gasteiger partial charge in [-0.3, -0.25) is 4.79 Å². The minimum atomic E-state index is -0.219. The van der Waals surface area contributed by atoms with Crippen LogP contribution in [-0.2, 0) is 6.54 Å². The van der Waals surface area contributed by atoms with E-state index in [0.29, 0.717) is 27.8 Å². The molecule has 0 saturated heterocycles. The summed E-state index contributed by atoms with van der Waals surface area (Å²) < 4.78 is 0. The number of benzene rings is 2. The molecule has 0 aliphatic carbocycles. The summed E-state index contributed by atoms with van der Waals surface area (Å²) in [6.45, 7) is 0.365. The van der Waals surface area contributed by atoms with Gasteiger partial charge in [0.25, 0.3) is 5.91 Å². The van der Waals surface area contributed by atoms with Gasteiger partial charge < -0.3 is 10.6 Å². The van der Waals surface area contributed by atoms with Crippen LogP contribution in [-0.4, -0.2) is 17.9 Å². The Kier molecular flexibility index (Phi) is 4.99. The van der Waals surface area contributed by atoms with E-state index in [2.05, 4.69) is 0 Å². The van der Waals surface area contributed by atoms with Gasteiger partial charge in [0.05, 0.1) is 16.3 Å². The molecule has 0 spiro atoms. The highest BCUT2D eigenvalue weighted by Crippen LogP contribution is 2.25. The summed E-state index contributed by atoms with van der Waals surface area (Å²) in [7, 11) is 1.68. The van der Waals surface area contributed by atoms with E-state index in [1.165, 1.54) is 4.90 Å². The Balaban J connectivity index is 2.21. The summed E-state index contributed by atoms with van der Waals surface area (Å²) in [6.07, 6.45) is 0. The number of hydrogen-bond donors (Lipinski definition) is 1. The van der Waals surface area contributed by atoms with Gasteiger partial charge in [0, 0.05) is 23.6 Å². The van der Waals surface area contributed by atoms with Crippen molar-refractivity contribution < 1.29 is 4.79 Å². The largest absolute Gasteiger partial charge is 0.398 e. The van der Waals surface area contributed by atoms with E-state index in [1.54, 1.807) is 43.4 Å². The van der Waals surface area contributed by atoms with E-state index < -0.39 is 0 Å². The van der Waals surface area contributed by atoms with Crippen LogP contribution in [0.25, 0.3) is 0 Å². The number of nitrogen functional groups attached to an aromatic ring is 1. The Morgan fingerprint density at radius 3 is 2.38 bits per heavy atom. The van der Waals surface area contributed by atoms with Crippen LogP contribution >= 0.6 is 34.8 Å². The molecule has 0 heterocycles. The molecule has 21 heavy (non-hydrogen) atoms. The van der Waals surface area contributed by atoms with Gasteiger partial charge in [0.2, 0.25) is 0 Å². The molecular formula is C15H13Cl3N2O. The summed E-state index contributed by atoms with van der Waals surface area (Å²) in [5.74, 6) is -0.219. The van der Waals surface area contributed by atoms with E-state index in [0.717, 1.165) is 5.56 Å². The van der Waals surface area contributed by atoms with Gasteiger partial charge in [0.15, 0.2) is 0 Å². The van der Waals surface area contributed by atoms with Gasteiger partial charge >= 0.3 is 0 Å². The van der Waals surface area contributed by atoms with Crippen LogP contribution < -0.4 is 5.73 Å². The van der Waals surface area contributed by atoms with Gasteiger partial charge in [-0.1, -0.05) is 40.9 Å². The topological polar surface area (TPSA) is 46.3 Å². The van der Waals surface area contributed by atoms with E-state index in [1.807, 2.05) is 0 Å². The second kappa shape index (κ2) is 6.56. The molecule has 3 nitrogen and oxygen atoms in total. The summed E-state index contributed by atoms with van der Waals surface area (Å²) in [5.41, 5.74) is 7.29. The van der Waals surface area contributed by atoms with Crippen molar-refractivity contribution in [2.45, 2.75) is 6.54 Å². The maximum atomic E-state index is 12.4. The third kappa shape index (κ3) is 3.82. The van der Waals surface area contributed by atoms with Crippen LogP contribution in [0.4, 0.5) is 5.69 Å². The van der Waals surface area contributed by atoms with E-state index in [9.17, 15) is 4.79 Å². The lowest BCUT2D eigenvalue weighted by Gasteiger charge is -2.18. The number of halogens is 3. The molecular weight excluding hydrogens is 331 g/mol. The summed E-state index contributed by atoms with van der Waals surface area (Å²) >= 11 is 18.0. The van der Waals surface area contributed by atoms with Gasteiger partial charge in [-0.2, -0.15) is 0 Å². The monoisotopic (exact) mass is 342 g/mol. The normalized spacial score (nSPS) is 10.5. The second-order valence-electron chi connectivity index (χ2n) is 4.65. The molecule has 2 rings (SSSR count). The van der Waals surface area contributed by atoms with Crippen molar-refractivity contribution in [3.8, 4) is 0 Å². The number of nitrogens with two attached hydrogens (primary N) is 1. The zero-order chi connectivity index (χ0) is 15.6. The summed E-state index contributed by atoms with van der Waals surface area (Å²) in [5, 5.41) is 1.32. The fourth-order valence-electron chi connectivity index (χ4n) is 1.97. The van der Waals surface area contributed by atoms with Crippen molar-refractivity contribution >= 4 is 46.4 Å². The maximum Gasteiger partial charge on any atom is 0.255 e. The number of carbonyl (C=O) groups excluding carboxylic acids is 1. The van der Waals surface area contributed by atoms with Crippen molar-refractivity contribution in [2.75, 3.05) is 12.8 Å². The Hall–Kier alpha value is -1.42. The lowest BCUT2D eigenvalue weighted by Crippen LogP contribution is -2.26. The Morgan fingerprint density at radius 2 is 1.76 bits per heavy atom. The number of amides is 1. The average molecular weight is 344 g/mol. The first-order valence-electron chi connectivity index (χ1n) is 6.13. The van der Waals surface area contributed by atoms with Gasteiger partial charge in [-0.05, 0) is 35.9 Å². The standard InChI is InChI=1S/C15H13Cl3N2O/c1-20(8-9-5-10(16)7-11(17)6-9)15(21)12-3-2-4-13(19)14(12)18/h2-7H,8,19H2,1H3. The molecule has 2 N–H and O–H groups in total. The van der Waals surface area contributed by atoms with Crippen LogP contribution in [0.3, 0.4) is 0 Å². The molecule has 1 amide bonds. The lowest BCUT2D eigenvalue weighted by atomic mass is 10.1. The van der Waals surface area contributed by atoms with Crippen LogP contribution in [0.5, 0.6) is 0 Å². The predicted molar refractivity (Wildman–Crippen MR) is 88.1 cm³/mol. The highest BCUT2D eigenvalue weighted by molar-refractivity contribution is 6.36. The Bertz CT molecular complexity index is 668. The molecule has 0 radical (unpaired) electrons. The zero-order valence-electron chi connectivity index (χ0n) is 11.2. The summed E-state index contributed by atoms with van der Waals surface area (Å²) in [6, 6.07) is 10.1. The first kappa shape index (κ1) is 16.0. The fraction of sp³-hybridized carbons (Fsp3) is 0.133. The molecule has 0 saturated carbocycles. The van der Waals surface area contributed by atoms with E-state index in [4.69, 9.17) is 40.5 Å². The summed E-state index contributed by atoms with van der Waals surface area (Å²) in [4.78, 5) is 13.9. The van der Waals surface area contributed by atoms with Crippen molar-refractivity contribution in [3.63, 3.8) is 0 Å². The van der Waals surface area contributed by atoms with Crippen molar-refractivity contribution in [1.29, 1.82) is 0 Å². The predicted octanol–water partition coefficient (Wildman–Crippen LogP) is 4.50. The van der Waals surface area contributed by atoms with Crippen LogP contribution in [0.1, 0.15) is 15.9 Å². The minimum absolute atomic E-state index is 0.219. The van der Waals surface area contributed by atoms with E-state index in [-0.39, 0.29) is 10.9 Å². The van der Waals surface area contributed by atoms with Crippen LogP contribution in [0.2, 0.25) is 15.1 Å². The third-order valence-corrected chi connectivity index (χ3v) is 3.81. The van der Waals surface area contributed by atoms with Crippen molar-refractivity contribution in [3.05, 3.63) is 62.6 Å². The number of anilines is 1. The molecule has 0 bridgehead atoms. The van der Waals surface area contributed by atoms with Crippen LogP contribution in [0, 0.1) is 0 Å². The van der Waals surface area contributed by atoms with Crippen molar-refractivity contribution in [2.24, 2.45) is 0 Å². The molecule has 2 aromatic carbocycles. The third-order valence-electron chi connectivity index (χ3n) is 2.95. The smallest absolute Gasteiger partial charge is 0.255 e. The molecule has 110 valence electrons. The highest BCUT2D eigenvalue weighted by Gasteiger charge is 2.17. The average Bonchev–Trinajstić information content (AvgIpc) is 2.40. The minimum Gasteiger partial charge on any atom is -0.398 e. The first-order chi connectivity index (χ1) is 9.88. The lowest BCUT2D eigenvalue weighted by molar-refractivity contribution is 0.0785. The number of carbonyl (C=O) groups is 1. The quantitative estimate of drug-likeness (QED) is 0.834. The van der Waals surface area contributed by atoms with Gasteiger partial charge in [-0.15, -0.1) is 0 Å². The molecule has 0 aromatic heterocycles. The molecule has 0 fully saturated rings. The molecule has 0 atom stereocenters. The Labute approximate surface area is 138 Å². The molecule has 0 aliphatic rings. The molecule has 6 heteroatoms. The number of rotatable bonds is 3. The maximum absolute atomic E-state index is 12.4.